The van der Waals surface area contributed by atoms with Gasteiger partial charge in [-0.3, -0.25) is 9.69 Å². The van der Waals surface area contributed by atoms with E-state index in [-0.39, 0.29) is 12.6 Å². The van der Waals surface area contributed by atoms with Gasteiger partial charge in [0.1, 0.15) is 0 Å². The number of nitrogens with zero attached hydrogens (tertiary/aromatic N) is 1. The number of primary amides is 1. The number of likely N-dealkylation sites (tertiary alicyclic amines) is 1. The number of rotatable bonds is 2. The number of halogens is 2. The fourth-order valence-electron chi connectivity index (χ4n) is 1.65. The molecule has 0 aliphatic carbocycles. The van der Waals surface area contributed by atoms with E-state index in [0.29, 0.717) is 0 Å². The molecule has 1 atom stereocenters. The summed E-state index contributed by atoms with van der Waals surface area (Å²) >= 11 is 0. The van der Waals surface area contributed by atoms with Crippen molar-refractivity contribution in [1.82, 2.24) is 4.90 Å². The van der Waals surface area contributed by atoms with Gasteiger partial charge in [-0.05, 0) is 13.8 Å². The second-order valence-corrected chi connectivity index (χ2v) is 3.74. The van der Waals surface area contributed by atoms with E-state index in [1.807, 2.05) is 0 Å². The highest BCUT2D eigenvalue weighted by molar-refractivity contribution is 5.80. The van der Waals surface area contributed by atoms with E-state index in [0.717, 1.165) is 0 Å². The quantitative estimate of drug-likeness (QED) is 0.696. The van der Waals surface area contributed by atoms with E-state index in [4.69, 9.17) is 5.73 Å². The highest BCUT2D eigenvalue weighted by Crippen LogP contribution is 2.32. The van der Waals surface area contributed by atoms with Crippen molar-refractivity contribution in [2.75, 3.05) is 6.54 Å². The molecule has 13 heavy (non-hydrogen) atoms. The van der Waals surface area contributed by atoms with Crippen molar-refractivity contribution in [1.29, 1.82) is 0 Å². The second kappa shape index (κ2) is 3.21. The van der Waals surface area contributed by atoms with Crippen LogP contribution >= 0.6 is 0 Å². The Morgan fingerprint density at radius 1 is 1.62 bits per heavy atom. The van der Waals surface area contributed by atoms with Gasteiger partial charge in [-0.15, -0.1) is 0 Å². The van der Waals surface area contributed by atoms with Gasteiger partial charge in [-0.1, -0.05) is 0 Å². The van der Waals surface area contributed by atoms with E-state index in [2.05, 4.69) is 0 Å². The van der Waals surface area contributed by atoms with Crippen LogP contribution in [-0.2, 0) is 4.79 Å². The Hall–Kier alpha value is -0.710. The average molecular weight is 192 g/mol. The van der Waals surface area contributed by atoms with Crippen molar-refractivity contribution in [3.63, 3.8) is 0 Å². The Kier molecular flexibility index (Phi) is 2.56. The van der Waals surface area contributed by atoms with Gasteiger partial charge in [0, 0.05) is 12.5 Å². The number of hydrogen-bond acceptors (Lipinski definition) is 2. The lowest BCUT2D eigenvalue weighted by molar-refractivity contribution is -0.122. The van der Waals surface area contributed by atoms with Crippen molar-refractivity contribution in [3.05, 3.63) is 0 Å². The number of nitrogens with two attached hydrogens (primary N) is 1. The average Bonchev–Trinajstić information content (AvgIpc) is 2.26. The van der Waals surface area contributed by atoms with E-state index < -0.39 is 24.3 Å². The molecule has 0 aromatic rings. The van der Waals surface area contributed by atoms with Gasteiger partial charge in [0.05, 0.1) is 12.6 Å². The molecule has 0 bridgehead atoms. The Labute approximate surface area is 75.9 Å². The standard InChI is InChI=1S/C8H14F2N2O/c1-5(2)12-4-8(9,10)3-6(12)7(11)13/h5-6H,3-4H2,1-2H3,(H2,11,13)/t6-/m1/s1. The minimum Gasteiger partial charge on any atom is -0.368 e. The first-order valence-corrected chi connectivity index (χ1v) is 4.26. The van der Waals surface area contributed by atoms with Gasteiger partial charge in [0.2, 0.25) is 5.91 Å². The molecule has 1 heterocycles. The molecule has 0 spiro atoms. The van der Waals surface area contributed by atoms with Gasteiger partial charge in [0.15, 0.2) is 0 Å². The van der Waals surface area contributed by atoms with Gasteiger partial charge < -0.3 is 5.73 Å². The highest BCUT2D eigenvalue weighted by Gasteiger charge is 2.47. The third-order valence-electron chi connectivity index (χ3n) is 2.30. The highest BCUT2D eigenvalue weighted by atomic mass is 19.3. The topological polar surface area (TPSA) is 46.3 Å². The maximum atomic E-state index is 12.9. The molecule has 2 N–H and O–H groups in total. The van der Waals surface area contributed by atoms with Gasteiger partial charge in [-0.2, -0.15) is 0 Å². The summed E-state index contributed by atoms with van der Waals surface area (Å²) in [4.78, 5) is 12.3. The summed E-state index contributed by atoms with van der Waals surface area (Å²) in [5.74, 6) is -3.44. The molecular weight excluding hydrogens is 178 g/mol. The number of alkyl halides is 2. The molecule has 1 aliphatic rings. The molecule has 1 amide bonds. The summed E-state index contributed by atoms with van der Waals surface area (Å²) in [7, 11) is 0. The molecule has 1 rings (SSSR count). The van der Waals surface area contributed by atoms with E-state index in [1.165, 1.54) is 4.90 Å². The number of carbonyl (C=O) groups is 1. The van der Waals surface area contributed by atoms with Crippen LogP contribution in [0.25, 0.3) is 0 Å². The minimum atomic E-state index is -2.77. The van der Waals surface area contributed by atoms with Crippen molar-refractivity contribution < 1.29 is 13.6 Å². The number of carbonyl (C=O) groups excluding carboxylic acids is 1. The lowest BCUT2D eigenvalue weighted by Crippen LogP contribution is -2.43. The molecule has 3 nitrogen and oxygen atoms in total. The minimum absolute atomic E-state index is 0.0779. The van der Waals surface area contributed by atoms with Crippen LogP contribution in [0.4, 0.5) is 8.78 Å². The SMILES string of the molecule is CC(C)N1CC(F)(F)C[C@@H]1C(N)=O. The van der Waals surface area contributed by atoms with Crippen molar-refractivity contribution in [3.8, 4) is 0 Å². The normalized spacial score (nSPS) is 28.2. The summed E-state index contributed by atoms with van der Waals surface area (Å²) in [5, 5.41) is 0. The van der Waals surface area contributed by atoms with Crippen molar-refractivity contribution >= 4 is 5.91 Å². The predicted octanol–water partition coefficient (Wildman–Crippen LogP) is 0.590. The lowest BCUT2D eigenvalue weighted by atomic mass is 10.1. The maximum Gasteiger partial charge on any atom is 0.262 e. The molecule has 1 fully saturated rings. The van der Waals surface area contributed by atoms with Crippen LogP contribution in [0.2, 0.25) is 0 Å². The zero-order chi connectivity index (χ0) is 10.2. The Morgan fingerprint density at radius 2 is 2.15 bits per heavy atom. The Bertz CT molecular complexity index is 218. The summed E-state index contributed by atoms with van der Waals surface area (Å²) in [5.41, 5.74) is 5.03. The molecule has 0 unspecified atom stereocenters. The van der Waals surface area contributed by atoms with Crippen LogP contribution in [0.15, 0.2) is 0 Å². The van der Waals surface area contributed by atoms with E-state index in [1.54, 1.807) is 13.8 Å². The predicted molar refractivity (Wildman–Crippen MR) is 44.4 cm³/mol. The molecule has 1 saturated heterocycles. The molecule has 76 valence electrons. The molecule has 0 saturated carbocycles. The van der Waals surface area contributed by atoms with Crippen LogP contribution in [0, 0.1) is 0 Å². The Morgan fingerprint density at radius 3 is 2.46 bits per heavy atom. The molecular formula is C8H14F2N2O. The second-order valence-electron chi connectivity index (χ2n) is 3.74. The molecule has 0 radical (unpaired) electrons. The summed E-state index contributed by atoms with van der Waals surface area (Å²) < 4.78 is 25.8. The van der Waals surface area contributed by atoms with Crippen LogP contribution < -0.4 is 5.73 Å². The van der Waals surface area contributed by atoms with Crippen molar-refractivity contribution in [2.45, 2.75) is 38.3 Å². The fourth-order valence-corrected chi connectivity index (χ4v) is 1.65. The van der Waals surface area contributed by atoms with Gasteiger partial charge in [-0.25, -0.2) is 8.78 Å². The van der Waals surface area contributed by atoms with Crippen molar-refractivity contribution in [2.24, 2.45) is 5.73 Å². The maximum absolute atomic E-state index is 12.9. The van der Waals surface area contributed by atoms with Gasteiger partial charge in [0.25, 0.3) is 5.92 Å². The Balaban J connectivity index is 2.77. The van der Waals surface area contributed by atoms with E-state index >= 15 is 0 Å². The zero-order valence-electron chi connectivity index (χ0n) is 7.76. The molecule has 1 aliphatic heterocycles. The lowest BCUT2D eigenvalue weighted by Gasteiger charge is -2.24. The first kappa shape index (κ1) is 10.4. The summed E-state index contributed by atoms with van der Waals surface area (Å²) in [6.07, 6.45) is -0.444. The first-order valence-electron chi connectivity index (χ1n) is 4.26. The van der Waals surface area contributed by atoms with Crippen LogP contribution in [0.1, 0.15) is 20.3 Å². The summed E-state index contributed by atoms with van der Waals surface area (Å²) in [6, 6.07) is -0.888. The molecule has 5 heteroatoms. The van der Waals surface area contributed by atoms with Crippen LogP contribution in [-0.4, -0.2) is 35.4 Å². The van der Waals surface area contributed by atoms with Crippen LogP contribution in [0.5, 0.6) is 0 Å². The van der Waals surface area contributed by atoms with Gasteiger partial charge >= 0.3 is 0 Å². The fraction of sp³-hybridized carbons (Fsp3) is 0.875. The molecule has 0 aromatic carbocycles. The largest absolute Gasteiger partial charge is 0.368 e. The first-order chi connectivity index (χ1) is 5.83. The number of hydrogen-bond donors (Lipinski definition) is 1. The zero-order valence-corrected chi connectivity index (χ0v) is 7.76. The smallest absolute Gasteiger partial charge is 0.262 e. The summed E-state index contributed by atoms with van der Waals surface area (Å²) in [6.45, 7) is 3.19. The third kappa shape index (κ3) is 2.15. The van der Waals surface area contributed by atoms with Crippen LogP contribution in [0.3, 0.4) is 0 Å². The monoisotopic (exact) mass is 192 g/mol. The third-order valence-corrected chi connectivity index (χ3v) is 2.30. The number of amides is 1. The van der Waals surface area contributed by atoms with E-state index in [9.17, 15) is 13.6 Å². The molecule has 0 aromatic heterocycles.